The topological polar surface area (TPSA) is 26.3 Å². The van der Waals surface area contributed by atoms with Crippen LogP contribution in [0.25, 0.3) is 0 Å². The molecule has 4 heteroatoms. The smallest absolute Gasteiger partial charge is 0.159 e. The van der Waals surface area contributed by atoms with Crippen molar-refractivity contribution in [1.82, 2.24) is 0 Å². The average Bonchev–Trinajstić information content (AvgIpc) is 2.89. The van der Waals surface area contributed by atoms with Gasteiger partial charge >= 0.3 is 0 Å². The highest BCUT2D eigenvalue weighted by Gasteiger charge is 2.23. The number of thioether (sulfide) groups is 1. The lowest BCUT2D eigenvalue weighted by molar-refractivity contribution is 0.101. The monoisotopic (exact) mass is 318 g/mol. The minimum absolute atomic E-state index is 0.00423. The van der Waals surface area contributed by atoms with Gasteiger partial charge in [0.1, 0.15) is 5.75 Å². The normalized spacial score (nSPS) is 16.6. The van der Waals surface area contributed by atoms with Gasteiger partial charge in [-0.05, 0) is 36.8 Å². The van der Waals surface area contributed by atoms with Crippen LogP contribution in [0.2, 0.25) is 5.02 Å². The molecule has 1 atom stereocenters. The van der Waals surface area contributed by atoms with Crippen LogP contribution in [0, 0.1) is 0 Å². The van der Waals surface area contributed by atoms with Crippen LogP contribution in [0.3, 0.4) is 0 Å². The number of hydrogen-bond donors (Lipinski definition) is 0. The van der Waals surface area contributed by atoms with Crippen LogP contribution in [-0.4, -0.2) is 18.1 Å². The SMILES string of the molecule is CC(=O)c1ccc(OCC2CSc3ccccc32)c(Cl)c1. The molecule has 1 aliphatic rings. The van der Waals surface area contributed by atoms with E-state index in [-0.39, 0.29) is 5.78 Å². The van der Waals surface area contributed by atoms with Crippen LogP contribution in [0.4, 0.5) is 0 Å². The largest absolute Gasteiger partial charge is 0.491 e. The van der Waals surface area contributed by atoms with E-state index in [2.05, 4.69) is 24.3 Å². The first-order valence-electron chi connectivity index (χ1n) is 6.80. The second kappa shape index (κ2) is 6.12. The molecule has 0 radical (unpaired) electrons. The minimum atomic E-state index is 0.00423. The number of ketones is 1. The summed E-state index contributed by atoms with van der Waals surface area (Å²) in [7, 11) is 0. The fourth-order valence-corrected chi connectivity index (χ4v) is 3.86. The van der Waals surface area contributed by atoms with Gasteiger partial charge in [-0.1, -0.05) is 29.8 Å². The van der Waals surface area contributed by atoms with Gasteiger partial charge in [-0.3, -0.25) is 4.79 Å². The predicted octanol–water partition coefficient (Wildman–Crippen LogP) is 4.81. The maximum atomic E-state index is 11.3. The van der Waals surface area contributed by atoms with Crippen molar-refractivity contribution in [2.45, 2.75) is 17.7 Å². The third-order valence-corrected chi connectivity index (χ3v) is 5.12. The fraction of sp³-hybridized carbons (Fsp3) is 0.235. The molecule has 0 aliphatic carbocycles. The van der Waals surface area contributed by atoms with Crippen molar-refractivity contribution in [2.75, 3.05) is 12.4 Å². The zero-order chi connectivity index (χ0) is 14.8. The van der Waals surface area contributed by atoms with Gasteiger partial charge in [-0.25, -0.2) is 0 Å². The molecule has 108 valence electrons. The van der Waals surface area contributed by atoms with Crippen LogP contribution in [0.5, 0.6) is 5.75 Å². The molecule has 0 saturated heterocycles. The number of carbonyl (C=O) groups is 1. The molecular formula is C17H15ClO2S. The Morgan fingerprint density at radius 1 is 1.33 bits per heavy atom. The Balaban J connectivity index is 1.70. The Labute approximate surface area is 133 Å². The molecular weight excluding hydrogens is 304 g/mol. The lowest BCUT2D eigenvalue weighted by Crippen LogP contribution is -2.10. The van der Waals surface area contributed by atoms with E-state index in [0.717, 1.165) is 5.75 Å². The molecule has 0 N–H and O–H groups in total. The second-order valence-electron chi connectivity index (χ2n) is 5.06. The van der Waals surface area contributed by atoms with Crippen molar-refractivity contribution in [2.24, 2.45) is 0 Å². The van der Waals surface area contributed by atoms with Gasteiger partial charge < -0.3 is 4.74 Å². The quantitative estimate of drug-likeness (QED) is 0.757. The Morgan fingerprint density at radius 3 is 2.90 bits per heavy atom. The van der Waals surface area contributed by atoms with Crippen LogP contribution in [-0.2, 0) is 0 Å². The van der Waals surface area contributed by atoms with Crippen molar-refractivity contribution in [3.05, 3.63) is 58.6 Å². The van der Waals surface area contributed by atoms with Crippen molar-refractivity contribution >= 4 is 29.1 Å². The third-order valence-electron chi connectivity index (χ3n) is 3.58. The van der Waals surface area contributed by atoms with E-state index in [1.54, 1.807) is 18.2 Å². The first kappa shape index (κ1) is 14.5. The van der Waals surface area contributed by atoms with E-state index < -0.39 is 0 Å². The maximum Gasteiger partial charge on any atom is 0.159 e. The Hall–Kier alpha value is -1.45. The first-order valence-corrected chi connectivity index (χ1v) is 8.16. The zero-order valence-electron chi connectivity index (χ0n) is 11.6. The van der Waals surface area contributed by atoms with Gasteiger partial charge in [-0.2, -0.15) is 0 Å². The summed E-state index contributed by atoms with van der Waals surface area (Å²) in [5.41, 5.74) is 1.95. The van der Waals surface area contributed by atoms with Crippen molar-refractivity contribution in [1.29, 1.82) is 0 Å². The molecule has 3 rings (SSSR count). The van der Waals surface area contributed by atoms with Gasteiger partial charge in [0.25, 0.3) is 0 Å². The van der Waals surface area contributed by atoms with Crippen LogP contribution in [0.1, 0.15) is 28.8 Å². The molecule has 2 aromatic carbocycles. The summed E-state index contributed by atoms with van der Waals surface area (Å²) in [6.07, 6.45) is 0. The van der Waals surface area contributed by atoms with E-state index in [9.17, 15) is 4.79 Å². The van der Waals surface area contributed by atoms with Crippen LogP contribution >= 0.6 is 23.4 Å². The number of rotatable bonds is 4. The lowest BCUT2D eigenvalue weighted by Gasteiger charge is -2.14. The molecule has 1 heterocycles. The summed E-state index contributed by atoms with van der Waals surface area (Å²) in [6.45, 7) is 2.13. The Bertz CT molecular complexity index is 684. The molecule has 0 amide bonds. The summed E-state index contributed by atoms with van der Waals surface area (Å²) in [4.78, 5) is 12.6. The molecule has 1 unspecified atom stereocenters. The highest BCUT2D eigenvalue weighted by atomic mass is 35.5. The molecule has 0 aromatic heterocycles. The van der Waals surface area contributed by atoms with E-state index in [0.29, 0.717) is 28.9 Å². The van der Waals surface area contributed by atoms with Crippen LogP contribution < -0.4 is 4.74 Å². The molecule has 21 heavy (non-hydrogen) atoms. The fourth-order valence-electron chi connectivity index (χ4n) is 2.39. The summed E-state index contributed by atoms with van der Waals surface area (Å²) >= 11 is 8.04. The number of hydrogen-bond acceptors (Lipinski definition) is 3. The number of halogens is 1. The minimum Gasteiger partial charge on any atom is -0.491 e. The lowest BCUT2D eigenvalue weighted by atomic mass is 10.0. The third kappa shape index (κ3) is 3.09. The summed E-state index contributed by atoms with van der Waals surface area (Å²) < 4.78 is 5.86. The number of ether oxygens (including phenoxy) is 1. The summed E-state index contributed by atoms with van der Waals surface area (Å²) in [5, 5.41) is 0.488. The number of fused-ring (bicyclic) bond motifs is 1. The van der Waals surface area contributed by atoms with E-state index in [1.165, 1.54) is 17.4 Å². The molecule has 0 bridgehead atoms. The van der Waals surface area contributed by atoms with Crippen LogP contribution in [0.15, 0.2) is 47.4 Å². The summed E-state index contributed by atoms with van der Waals surface area (Å²) in [5.74, 6) is 2.05. The van der Waals surface area contributed by atoms with Gasteiger partial charge in [0.15, 0.2) is 5.78 Å². The highest BCUT2D eigenvalue weighted by molar-refractivity contribution is 7.99. The zero-order valence-corrected chi connectivity index (χ0v) is 13.2. The van der Waals surface area contributed by atoms with Gasteiger partial charge in [0.2, 0.25) is 0 Å². The molecule has 2 nitrogen and oxygen atoms in total. The molecule has 0 saturated carbocycles. The van der Waals surface area contributed by atoms with E-state index in [4.69, 9.17) is 16.3 Å². The standard InChI is InChI=1S/C17H15ClO2S/c1-11(19)12-6-7-16(15(18)8-12)20-9-13-10-21-17-5-3-2-4-14(13)17/h2-8,13H,9-10H2,1H3. The molecule has 0 fully saturated rings. The summed E-state index contributed by atoms with van der Waals surface area (Å²) in [6, 6.07) is 13.6. The van der Waals surface area contributed by atoms with E-state index >= 15 is 0 Å². The van der Waals surface area contributed by atoms with Gasteiger partial charge in [0.05, 0.1) is 11.6 Å². The Kier molecular flexibility index (Phi) is 4.22. The van der Waals surface area contributed by atoms with Gasteiger partial charge in [-0.15, -0.1) is 11.8 Å². The second-order valence-corrected chi connectivity index (χ2v) is 6.53. The van der Waals surface area contributed by atoms with Crippen molar-refractivity contribution < 1.29 is 9.53 Å². The molecule has 0 spiro atoms. The highest BCUT2D eigenvalue weighted by Crippen LogP contribution is 2.39. The number of Topliss-reactive ketones (excluding diaryl/α,β-unsaturated/α-hetero) is 1. The molecule has 2 aromatic rings. The van der Waals surface area contributed by atoms with Crippen molar-refractivity contribution in [3.8, 4) is 5.75 Å². The van der Waals surface area contributed by atoms with Crippen molar-refractivity contribution in [3.63, 3.8) is 0 Å². The number of benzene rings is 2. The number of carbonyl (C=O) groups excluding carboxylic acids is 1. The predicted molar refractivity (Wildman–Crippen MR) is 86.9 cm³/mol. The van der Waals surface area contributed by atoms with Gasteiger partial charge in [0, 0.05) is 22.1 Å². The Morgan fingerprint density at radius 2 is 2.14 bits per heavy atom. The maximum absolute atomic E-state index is 11.3. The average molecular weight is 319 g/mol. The molecule has 1 aliphatic heterocycles. The van der Waals surface area contributed by atoms with E-state index in [1.807, 2.05) is 11.8 Å². The first-order chi connectivity index (χ1) is 10.1.